The van der Waals surface area contributed by atoms with Crippen molar-refractivity contribution in [3.8, 4) is 5.75 Å². The van der Waals surface area contributed by atoms with Crippen molar-refractivity contribution in [1.82, 2.24) is 14.5 Å². The molecule has 0 aromatic heterocycles. The molecule has 1 aliphatic carbocycles. The minimum atomic E-state index is -3.95. The molecule has 1 amide bonds. The van der Waals surface area contributed by atoms with Crippen LogP contribution in [0.3, 0.4) is 0 Å². The molecule has 3 fully saturated rings. The number of anilines is 1. The summed E-state index contributed by atoms with van der Waals surface area (Å²) in [5.41, 5.74) is 2.47. The fourth-order valence-corrected chi connectivity index (χ4v) is 11.1. The van der Waals surface area contributed by atoms with Crippen molar-refractivity contribution in [2.45, 2.75) is 102 Å². The molecule has 2 aromatic carbocycles. The van der Waals surface area contributed by atoms with Crippen LogP contribution in [0.4, 0.5) is 5.69 Å². The number of halogens is 1. The monoisotopic (exact) mass is 770 g/mol. The molecule has 7 rings (SSSR count). The van der Waals surface area contributed by atoms with Crippen molar-refractivity contribution < 1.29 is 27.8 Å². The summed E-state index contributed by atoms with van der Waals surface area (Å²) in [5.74, 6) is 0.255. The van der Waals surface area contributed by atoms with Gasteiger partial charge in [0, 0.05) is 49.4 Å². The molecular formula is C41H59ClN4O6S. The van der Waals surface area contributed by atoms with E-state index in [2.05, 4.69) is 19.4 Å². The molecule has 2 aromatic rings. The average molecular weight is 771 g/mol. The number of aryl methyl sites for hydroxylation is 1. The van der Waals surface area contributed by atoms with Crippen molar-refractivity contribution in [3.63, 3.8) is 0 Å². The Morgan fingerprint density at radius 2 is 1.72 bits per heavy atom. The number of fused-ring (bicyclic) bond motifs is 3. The molecule has 10 nitrogen and oxygen atoms in total. The number of hydrogen-bond acceptors (Lipinski definition) is 9. The van der Waals surface area contributed by atoms with Gasteiger partial charge >= 0.3 is 0 Å². The first-order chi connectivity index (χ1) is 25.5. The highest BCUT2D eigenvalue weighted by Crippen LogP contribution is 2.47. The highest BCUT2D eigenvalue weighted by atomic mass is 35.5. The summed E-state index contributed by atoms with van der Waals surface area (Å²) >= 11 is 6.40. The minimum absolute atomic E-state index is 0.129. The van der Waals surface area contributed by atoms with Gasteiger partial charge < -0.3 is 24.4 Å². The normalized spacial score (nSPS) is 31.2. The molecule has 5 atom stereocenters. The van der Waals surface area contributed by atoms with E-state index in [-0.39, 0.29) is 23.3 Å². The predicted octanol–water partition coefficient (Wildman–Crippen LogP) is 5.88. The Balaban J connectivity index is 1.18. The molecule has 12 heteroatoms. The number of rotatable bonds is 3. The maximum absolute atomic E-state index is 13.6. The van der Waals surface area contributed by atoms with Gasteiger partial charge in [-0.25, -0.2) is 13.1 Å². The Kier molecular flexibility index (Phi) is 12.3. The number of likely N-dealkylation sites (tertiary alicyclic amines) is 1. The predicted molar refractivity (Wildman–Crippen MR) is 209 cm³/mol. The molecule has 2 saturated heterocycles. The Morgan fingerprint density at radius 1 is 0.925 bits per heavy atom. The van der Waals surface area contributed by atoms with Crippen LogP contribution in [-0.2, 0) is 27.8 Å². The number of β-amino-alcohol motifs (C(OH)–C–C–N with tert-alkyl or cyclic N) is 1. The number of carbonyl (C=O) groups is 1. The Labute approximate surface area is 321 Å². The third-order valence-electron chi connectivity index (χ3n) is 13.2. The van der Waals surface area contributed by atoms with Crippen molar-refractivity contribution in [2.75, 3.05) is 63.9 Å². The SMILES string of the molecule is C[C@@H]1[C@@H](C)CCC[C@@](O)(CN2CCC(N3CCOCC3)CC2)[C@@H]2CC[C@H]2CN2CCCCc3cc(Cl)ccc3COc3ccc(cc32)C(=O)NS1(=O)=O. The number of nitrogens with zero attached hydrogens (tertiary/aromatic N) is 3. The number of sulfonamides is 1. The van der Waals surface area contributed by atoms with Gasteiger partial charge in [-0.15, -0.1) is 0 Å². The fourth-order valence-electron chi connectivity index (χ4n) is 9.56. The lowest BCUT2D eigenvalue weighted by Crippen LogP contribution is -2.58. The van der Waals surface area contributed by atoms with Crippen LogP contribution in [0.5, 0.6) is 5.75 Å². The molecule has 0 spiro atoms. The van der Waals surface area contributed by atoms with Crippen molar-refractivity contribution in [3.05, 3.63) is 58.1 Å². The molecule has 4 heterocycles. The molecule has 2 N–H and O–H groups in total. The fraction of sp³-hybridized carbons (Fsp3) is 0.683. The number of hydrogen-bond donors (Lipinski definition) is 2. The maximum atomic E-state index is 13.6. The summed E-state index contributed by atoms with van der Waals surface area (Å²) in [6.07, 6.45) is 9.00. The van der Waals surface area contributed by atoms with Crippen molar-refractivity contribution in [1.29, 1.82) is 0 Å². The van der Waals surface area contributed by atoms with E-state index in [9.17, 15) is 18.3 Å². The van der Waals surface area contributed by atoms with Gasteiger partial charge in [0.2, 0.25) is 10.0 Å². The van der Waals surface area contributed by atoms with Crippen molar-refractivity contribution in [2.24, 2.45) is 17.8 Å². The third kappa shape index (κ3) is 9.02. The Bertz CT molecular complexity index is 1700. The van der Waals surface area contributed by atoms with E-state index in [0.29, 0.717) is 42.8 Å². The van der Waals surface area contributed by atoms with Crippen LogP contribution in [0.15, 0.2) is 36.4 Å². The van der Waals surface area contributed by atoms with Gasteiger partial charge in [-0.3, -0.25) is 9.69 Å². The van der Waals surface area contributed by atoms with Crippen LogP contribution < -0.4 is 14.4 Å². The maximum Gasteiger partial charge on any atom is 0.264 e. The number of aliphatic hydroxyl groups is 1. The molecule has 0 radical (unpaired) electrons. The number of benzene rings is 2. The first-order valence-corrected chi connectivity index (χ1v) is 22.0. The summed E-state index contributed by atoms with van der Waals surface area (Å²) in [6, 6.07) is 11.8. The van der Waals surface area contributed by atoms with E-state index in [4.69, 9.17) is 21.1 Å². The van der Waals surface area contributed by atoms with E-state index in [1.165, 1.54) is 5.56 Å². The lowest BCUT2D eigenvalue weighted by molar-refractivity contribution is -0.110. The molecule has 1 saturated carbocycles. The van der Waals surface area contributed by atoms with Gasteiger partial charge in [-0.1, -0.05) is 31.0 Å². The Morgan fingerprint density at radius 3 is 2.47 bits per heavy atom. The van der Waals surface area contributed by atoms with E-state index < -0.39 is 26.8 Å². The number of carbonyl (C=O) groups excluding carboxylic acids is 1. The second-order valence-electron chi connectivity index (χ2n) is 16.5. The van der Waals surface area contributed by atoms with Crippen LogP contribution in [0, 0.1) is 17.8 Å². The van der Waals surface area contributed by atoms with E-state index in [1.807, 2.05) is 31.2 Å². The first kappa shape index (κ1) is 38.8. The first-order valence-electron chi connectivity index (χ1n) is 20.1. The van der Waals surface area contributed by atoms with Crippen LogP contribution in [0.2, 0.25) is 5.02 Å². The van der Waals surface area contributed by atoms with Crippen LogP contribution >= 0.6 is 11.6 Å². The molecular weight excluding hydrogens is 712 g/mol. The summed E-state index contributed by atoms with van der Waals surface area (Å²) in [4.78, 5) is 21.0. The van der Waals surface area contributed by atoms with Gasteiger partial charge in [0.25, 0.3) is 5.91 Å². The zero-order valence-electron chi connectivity index (χ0n) is 31.6. The van der Waals surface area contributed by atoms with E-state index in [0.717, 1.165) is 115 Å². The highest BCUT2D eigenvalue weighted by Gasteiger charge is 2.48. The summed E-state index contributed by atoms with van der Waals surface area (Å²) in [5, 5.41) is 12.8. The molecule has 2 bridgehead atoms. The minimum Gasteiger partial charge on any atom is -0.487 e. The highest BCUT2D eigenvalue weighted by molar-refractivity contribution is 7.90. The molecule has 4 aliphatic heterocycles. The zero-order valence-corrected chi connectivity index (χ0v) is 33.2. The van der Waals surface area contributed by atoms with E-state index in [1.54, 1.807) is 19.1 Å². The topological polar surface area (TPSA) is 112 Å². The lowest BCUT2D eigenvalue weighted by Gasteiger charge is -2.51. The summed E-state index contributed by atoms with van der Waals surface area (Å²) < 4.78 is 41.7. The van der Waals surface area contributed by atoms with Crippen LogP contribution in [-0.4, -0.2) is 105 Å². The second-order valence-corrected chi connectivity index (χ2v) is 19.0. The van der Waals surface area contributed by atoms with E-state index >= 15 is 0 Å². The standard InChI is InChI=1S/C41H59ClN4O6S/c1-29-6-5-16-41(48,28-44-18-14-36(15-19-44)45-20-22-51-23-21-45)37-12-9-33(37)26-46-17-4-3-7-31-24-35(42)11-8-34(31)27-52-39-13-10-32(25-38(39)46)40(47)43-53(49,50)30(29)2/h8,10-11,13,24-25,29-30,33,36-37,48H,3-7,9,12,14-23,26-28H2,1-2H3,(H,43,47)/t29-,30+,33-,37+,41+/m0/s1. The van der Waals surface area contributed by atoms with Gasteiger partial charge in [0.15, 0.2) is 0 Å². The number of ether oxygens (including phenoxy) is 2. The van der Waals surface area contributed by atoms with Crippen LogP contribution in [0.25, 0.3) is 0 Å². The molecule has 53 heavy (non-hydrogen) atoms. The van der Waals surface area contributed by atoms with Gasteiger partial charge in [-0.05, 0) is 137 Å². The molecule has 292 valence electrons. The number of morpholine rings is 1. The molecule has 0 unspecified atom stereocenters. The van der Waals surface area contributed by atoms with Crippen LogP contribution in [0.1, 0.15) is 93.1 Å². The van der Waals surface area contributed by atoms with Gasteiger partial charge in [0.05, 0.1) is 29.8 Å². The average Bonchev–Trinajstić information content (AvgIpc) is 3.16. The smallest absolute Gasteiger partial charge is 0.264 e. The van der Waals surface area contributed by atoms with Crippen molar-refractivity contribution >= 4 is 33.2 Å². The zero-order chi connectivity index (χ0) is 37.2. The van der Waals surface area contributed by atoms with Gasteiger partial charge in [-0.2, -0.15) is 0 Å². The lowest BCUT2D eigenvalue weighted by atomic mass is 9.62. The second kappa shape index (κ2) is 16.8. The number of amides is 1. The summed E-state index contributed by atoms with van der Waals surface area (Å²) in [7, 11) is -3.95. The Hall–Kier alpha value is -2.41. The van der Waals surface area contributed by atoms with Gasteiger partial charge in [0.1, 0.15) is 12.4 Å². The third-order valence-corrected chi connectivity index (χ3v) is 15.4. The number of piperidine rings is 1. The molecule has 5 aliphatic rings. The quantitative estimate of drug-likeness (QED) is 0.395. The summed E-state index contributed by atoms with van der Waals surface area (Å²) in [6.45, 7) is 11.7. The number of nitrogens with one attached hydrogen (secondary N) is 1. The largest absolute Gasteiger partial charge is 0.487 e.